The molecule has 0 radical (unpaired) electrons. The molecule has 0 aliphatic rings. The summed E-state index contributed by atoms with van der Waals surface area (Å²) in [5.74, 6) is 0.177. The Morgan fingerprint density at radius 2 is 2.00 bits per heavy atom. The smallest absolute Gasteiger partial charge is 0.160 e. The standard InChI is InChI=1S/C9H14OSSi/c1-7(10)8-5-9(11-6-8)12(2,3)4/h5-6H,1-4H3. The highest BCUT2D eigenvalue weighted by molar-refractivity contribution is 7.25. The minimum Gasteiger partial charge on any atom is -0.294 e. The van der Waals surface area contributed by atoms with Crippen molar-refractivity contribution in [3.8, 4) is 0 Å². The predicted octanol–water partition coefficient (Wildman–Crippen LogP) is 2.50. The van der Waals surface area contributed by atoms with E-state index < -0.39 is 8.07 Å². The van der Waals surface area contributed by atoms with Crippen molar-refractivity contribution in [2.75, 3.05) is 0 Å². The van der Waals surface area contributed by atoms with Gasteiger partial charge in [0.1, 0.15) is 0 Å². The number of Topliss-reactive ketones (excluding diaryl/α,β-unsaturated/α-hetero) is 1. The molecule has 66 valence electrons. The van der Waals surface area contributed by atoms with Gasteiger partial charge in [-0.05, 0) is 17.5 Å². The molecule has 0 unspecified atom stereocenters. The van der Waals surface area contributed by atoms with Gasteiger partial charge in [-0.3, -0.25) is 4.79 Å². The van der Waals surface area contributed by atoms with Gasteiger partial charge in [-0.15, -0.1) is 0 Å². The van der Waals surface area contributed by atoms with E-state index in [1.165, 1.54) is 4.50 Å². The molecular weight excluding hydrogens is 184 g/mol. The third-order valence-corrected chi connectivity index (χ3v) is 6.30. The molecule has 0 fully saturated rings. The van der Waals surface area contributed by atoms with Gasteiger partial charge in [0.15, 0.2) is 5.78 Å². The maximum absolute atomic E-state index is 11.0. The summed E-state index contributed by atoms with van der Waals surface area (Å²) in [6.07, 6.45) is 0. The van der Waals surface area contributed by atoms with E-state index in [4.69, 9.17) is 0 Å². The summed E-state index contributed by atoms with van der Waals surface area (Å²) in [5.41, 5.74) is 0.873. The summed E-state index contributed by atoms with van der Waals surface area (Å²) >= 11 is 1.73. The number of hydrogen-bond donors (Lipinski definition) is 0. The fraction of sp³-hybridized carbons (Fsp3) is 0.444. The molecule has 0 spiro atoms. The van der Waals surface area contributed by atoms with E-state index in [1.54, 1.807) is 18.3 Å². The zero-order valence-electron chi connectivity index (χ0n) is 7.97. The van der Waals surface area contributed by atoms with E-state index in [0.29, 0.717) is 0 Å². The summed E-state index contributed by atoms with van der Waals surface area (Å²) in [7, 11) is -1.19. The number of carbonyl (C=O) groups excluding carboxylic acids is 1. The van der Waals surface area contributed by atoms with Gasteiger partial charge in [-0.1, -0.05) is 19.6 Å². The molecule has 0 bridgehead atoms. The van der Waals surface area contributed by atoms with Gasteiger partial charge in [-0.2, -0.15) is 11.3 Å². The number of carbonyl (C=O) groups is 1. The minimum atomic E-state index is -1.19. The van der Waals surface area contributed by atoms with Crippen molar-refractivity contribution in [2.24, 2.45) is 0 Å². The van der Waals surface area contributed by atoms with Gasteiger partial charge in [0.05, 0.1) is 8.07 Å². The first-order valence-corrected chi connectivity index (χ1v) is 8.39. The van der Waals surface area contributed by atoms with Crippen LogP contribution in [-0.4, -0.2) is 13.9 Å². The molecule has 0 amide bonds. The van der Waals surface area contributed by atoms with Crippen LogP contribution in [0.4, 0.5) is 0 Å². The molecule has 0 aromatic carbocycles. The van der Waals surface area contributed by atoms with Crippen molar-refractivity contribution >= 4 is 29.7 Å². The largest absolute Gasteiger partial charge is 0.294 e. The fourth-order valence-electron chi connectivity index (χ4n) is 0.914. The van der Waals surface area contributed by atoms with E-state index in [9.17, 15) is 4.79 Å². The van der Waals surface area contributed by atoms with Gasteiger partial charge in [-0.25, -0.2) is 0 Å². The van der Waals surface area contributed by atoms with Crippen molar-refractivity contribution in [1.82, 2.24) is 0 Å². The topological polar surface area (TPSA) is 17.1 Å². The predicted molar refractivity (Wildman–Crippen MR) is 57.3 cm³/mol. The molecule has 1 heterocycles. The molecule has 1 aromatic rings. The molecular formula is C9H14OSSi. The third-order valence-electron chi connectivity index (χ3n) is 1.75. The molecule has 1 rings (SSSR count). The zero-order chi connectivity index (χ0) is 9.35. The second-order valence-electron chi connectivity index (χ2n) is 4.01. The van der Waals surface area contributed by atoms with Crippen molar-refractivity contribution in [3.63, 3.8) is 0 Å². The number of thiophene rings is 1. The Balaban J connectivity index is 3.00. The summed E-state index contributed by atoms with van der Waals surface area (Å²) in [6, 6.07) is 2.05. The van der Waals surface area contributed by atoms with Crippen LogP contribution in [0.5, 0.6) is 0 Å². The van der Waals surface area contributed by atoms with Gasteiger partial charge >= 0.3 is 0 Å². The monoisotopic (exact) mass is 198 g/mol. The van der Waals surface area contributed by atoms with Crippen LogP contribution >= 0.6 is 11.3 Å². The van der Waals surface area contributed by atoms with Crippen LogP contribution in [0.25, 0.3) is 0 Å². The van der Waals surface area contributed by atoms with Crippen molar-refractivity contribution in [3.05, 3.63) is 17.0 Å². The molecule has 0 saturated heterocycles. The lowest BCUT2D eigenvalue weighted by atomic mass is 10.2. The van der Waals surface area contributed by atoms with Crippen LogP contribution in [0, 0.1) is 0 Å². The minimum absolute atomic E-state index is 0.177. The molecule has 0 atom stereocenters. The SMILES string of the molecule is CC(=O)c1csc([Si](C)(C)C)c1. The first-order chi connectivity index (χ1) is 5.41. The molecule has 0 aliphatic carbocycles. The lowest BCUT2D eigenvalue weighted by Crippen LogP contribution is -2.34. The lowest BCUT2D eigenvalue weighted by molar-refractivity contribution is 0.101. The Labute approximate surface area is 78.4 Å². The van der Waals surface area contributed by atoms with Crippen molar-refractivity contribution in [2.45, 2.75) is 26.6 Å². The third kappa shape index (κ3) is 2.05. The van der Waals surface area contributed by atoms with Gasteiger partial charge < -0.3 is 0 Å². The zero-order valence-corrected chi connectivity index (χ0v) is 9.79. The maximum atomic E-state index is 11.0. The average Bonchev–Trinajstić information content (AvgIpc) is 2.30. The second-order valence-corrected chi connectivity index (χ2v) is 10.3. The maximum Gasteiger partial charge on any atom is 0.160 e. The Hall–Kier alpha value is -0.413. The van der Waals surface area contributed by atoms with Crippen LogP contribution in [0.2, 0.25) is 19.6 Å². The quantitative estimate of drug-likeness (QED) is 0.527. The molecule has 1 aromatic heterocycles. The Morgan fingerprint density at radius 3 is 2.25 bits per heavy atom. The number of rotatable bonds is 2. The van der Waals surface area contributed by atoms with Crippen LogP contribution in [0.3, 0.4) is 0 Å². The molecule has 0 saturated carbocycles. The molecule has 3 heteroatoms. The second kappa shape index (κ2) is 3.15. The van der Waals surface area contributed by atoms with E-state index in [1.807, 2.05) is 5.38 Å². The average molecular weight is 198 g/mol. The highest BCUT2D eigenvalue weighted by Gasteiger charge is 2.19. The Bertz CT molecular complexity index is 296. The lowest BCUT2D eigenvalue weighted by Gasteiger charge is -2.11. The first-order valence-electron chi connectivity index (χ1n) is 4.01. The summed E-state index contributed by atoms with van der Waals surface area (Å²) in [6.45, 7) is 8.50. The van der Waals surface area contributed by atoms with E-state index >= 15 is 0 Å². The van der Waals surface area contributed by atoms with Crippen molar-refractivity contribution in [1.29, 1.82) is 0 Å². The van der Waals surface area contributed by atoms with Crippen molar-refractivity contribution < 1.29 is 4.79 Å². The number of ketones is 1. The molecule has 12 heavy (non-hydrogen) atoms. The van der Waals surface area contributed by atoms with Gasteiger partial charge in [0.25, 0.3) is 0 Å². The van der Waals surface area contributed by atoms with E-state index in [2.05, 4.69) is 25.7 Å². The van der Waals surface area contributed by atoms with Gasteiger partial charge in [0, 0.05) is 10.9 Å². The Morgan fingerprint density at radius 1 is 1.42 bits per heavy atom. The summed E-state index contributed by atoms with van der Waals surface area (Å²) < 4.78 is 1.41. The summed E-state index contributed by atoms with van der Waals surface area (Å²) in [5, 5.41) is 1.97. The van der Waals surface area contributed by atoms with Crippen LogP contribution in [0.1, 0.15) is 17.3 Å². The van der Waals surface area contributed by atoms with E-state index in [0.717, 1.165) is 5.56 Å². The summed E-state index contributed by atoms with van der Waals surface area (Å²) in [4.78, 5) is 11.0. The highest BCUT2D eigenvalue weighted by Crippen LogP contribution is 2.11. The first kappa shape index (κ1) is 9.67. The molecule has 0 aliphatic heterocycles. The molecule has 1 nitrogen and oxygen atoms in total. The van der Waals surface area contributed by atoms with Gasteiger partial charge in [0.2, 0.25) is 0 Å². The normalized spacial score (nSPS) is 11.7. The van der Waals surface area contributed by atoms with Crippen LogP contribution in [0.15, 0.2) is 11.4 Å². The fourth-order valence-corrected chi connectivity index (χ4v) is 3.78. The number of hydrogen-bond acceptors (Lipinski definition) is 2. The Kier molecular flexibility index (Phi) is 2.54. The van der Waals surface area contributed by atoms with Crippen LogP contribution in [-0.2, 0) is 0 Å². The van der Waals surface area contributed by atoms with Crippen LogP contribution < -0.4 is 4.50 Å². The van der Waals surface area contributed by atoms with E-state index in [-0.39, 0.29) is 5.78 Å². The highest BCUT2D eigenvalue weighted by atomic mass is 32.1. The molecule has 0 N–H and O–H groups in total.